The molecule has 1 aromatic heterocycles. The number of aryl methyl sites for hydroxylation is 2. The van der Waals surface area contributed by atoms with Crippen molar-refractivity contribution in [2.75, 3.05) is 19.8 Å². The number of nitrogens with zero attached hydrogens (tertiary/aromatic N) is 2. The van der Waals surface area contributed by atoms with Gasteiger partial charge in [-0.15, -0.1) is 0 Å². The molecule has 0 saturated carbocycles. The summed E-state index contributed by atoms with van der Waals surface area (Å²) in [5.41, 5.74) is 1.45. The first-order valence-electron chi connectivity index (χ1n) is 8.05. The first-order chi connectivity index (χ1) is 11.2. The lowest BCUT2D eigenvalue weighted by molar-refractivity contribution is -0.170. The molecule has 2 heterocycles. The summed E-state index contributed by atoms with van der Waals surface area (Å²) < 4.78 is 49.0. The summed E-state index contributed by atoms with van der Waals surface area (Å²) in [6.45, 7) is 4.73. The van der Waals surface area contributed by atoms with Crippen LogP contribution in [0.1, 0.15) is 49.1 Å². The zero-order valence-corrected chi connectivity index (χ0v) is 14.2. The molecule has 0 radical (unpaired) electrons. The van der Waals surface area contributed by atoms with Crippen LogP contribution in [-0.2, 0) is 9.53 Å². The van der Waals surface area contributed by atoms with Crippen LogP contribution in [0.25, 0.3) is 0 Å². The fourth-order valence-electron chi connectivity index (χ4n) is 3.26. The fourth-order valence-corrected chi connectivity index (χ4v) is 3.26. The molecule has 24 heavy (non-hydrogen) atoms. The van der Waals surface area contributed by atoms with Gasteiger partial charge in [-0.25, -0.2) is 0 Å². The molecule has 1 aliphatic heterocycles. The van der Waals surface area contributed by atoms with Gasteiger partial charge in [0.1, 0.15) is 12.3 Å². The minimum Gasteiger partial charge on any atom is -0.379 e. The Morgan fingerprint density at radius 1 is 1.42 bits per heavy atom. The Kier molecular flexibility index (Phi) is 5.90. The lowest BCUT2D eigenvalue weighted by atomic mass is 9.95. The molecular formula is C16H23F3N2O3. The van der Waals surface area contributed by atoms with Crippen molar-refractivity contribution in [2.45, 2.75) is 58.2 Å². The van der Waals surface area contributed by atoms with Crippen molar-refractivity contribution in [2.24, 2.45) is 0 Å². The van der Waals surface area contributed by atoms with Crippen molar-refractivity contribution in [3.05, 3.63) is 17.0 Å². The average molecular weight is 348 g/mol. The molecular weight excluding hydrogens is 325 g/mol. The third-order valence-corrected chi connectivity index (χ3v) is 4.31. The van der Waals surface area contributed by atoms with Gasteiger partial charge in [-0.3, -0.25) is 4.79 Å². The second-order valence-corrected chi connectivity index (χ2v) is 6.35. The first kappa shape index (κ1) is 18.8. The van der Waals surface area contributed by atoms with Crippen LogP contribution >= 0.6 is 0 Å². The number of carbonyl (C=O) groups excluding carboxylic acids is 1. The number of aromatic nitrogens is 1. The molecule has 2 atom stereocenters. The van der Waals surface area contributed by atoms with E-state index in [9.17, 15) is 18.0 Å². The highest BCUT2D eigenvalue weighted by Crippen LogP contribution is 2.28. The Morgan fingerprint density at radius 2 is 2.12 bits per heavy atom. The molecule has 0 bridgehead atoms. The van der Waals surface area contributed by atoms with Gasteiger partial charge < -0.3 is 14.2 Å². The normalized spacial score (nSPS) is 20.0. The van der Waals surface area contributed by atoms with Gasteiger partial charge in [-0.05, 0) is 32.6 Å². The topological polar surface area (TPSA) is 55.6 Å². The number of ether oxygens (including phenoxy) is 1. The second kappa shape index (κ2) is 7.55. The van der Waals surface area contributed by atoms with Crippen LogP contribution < -0.4 is 0 Å². The molecule has 1 fully saturated rings. The van der Waals surface area contributed by atoms with E-state index in [0.29, 0.717) is 30.9 Å². The highest BCUT2D eigenvalue weighted by Gasteiger charge is 2.37. The van der Waals surface area contributed by atoms with Gasteiger partial charge in [-0.1, -0.05) is 12.1 Å². The highest BCUT2D eigenvalue weighted by molar-refractivity contribution is 5.77. The van der Waals surface area contributed by atoms with Crippen molar-refractivity contribution >= 4 is 5.91 Å². The van der Waals surface area contributed by atoms with Crippen LogP contribution in [0.15, 0.2) is 4.52 Å². The number of halogens is 3. The van der Waals surface area contributed by atoms with E-state index in [2.05, 4.69) is 5.16 Å². The number of amides is 1. The van der Waals surface area contributed by atoms with Crippen LogP contribution in [0.2, 0.25) is 0 Å². The summed E-state index contributed by atoms with van der Waals surface area (Å²) in [6.07, 6.45) is -3.26. The monoisotopic (exact) mass is 348 g/mol. The number of hydrogen-bond donors (Lipinski definition) is 0. The summed E-state index contributed by atoms with van der Waals surface area (Å²) >= 11 is 0. The standard InChI is InChI=1S/C16H23F3N2O3/c1-10(15-11(2)20-24-12(15)3)7-14(22)21(9-16(17,18)19)13-5-4-6-23-8-13/h10,13H,4-9H2,1-3H3/t10-,13-/m0/s1. The van der Waals surface area contributed by atoms with Crippen LogP contribution in [0.5, 0.6) is 0 Å². The van der Waals surface area contributed by atoms with E-state index in [-0.39, 0.29) is 18.9 Å². The Balaban J connectivity index is 2.11. The van der Waals surface area contributed by atoms with E-state index in [1.807, 2.05) is 0 Å². The van der Waals surface area contributed by atoms with Crippen molar-refractivity contribution in [3.63, 3.8) is 0 Å². The van der Waals surface area contributed by atoms with Gasteiger partial charge in [0.25, 0.3) is 0 Å². The third-order valence-electron chi connectivity index (χ3n) is 4.31. The van der Waals surface area contributed by atoms with E-state index >= 15 is 0 Å². The number of carbonyl (C=O) groups is 1. The minimum absolute atomic E-state index is 0.0184. The molecule has 5 nitrogen and oxygen atoms in total. The molecule has 1 amide bonds. The smallest absolute Gasteiger partial charge is 0.379 e. The average Bonchev–Trinajstić information content (AvgIpc) is 2.83. The molecule has 8 heteroatoms. The van der Waals surface area contributed by atoms with Crippen LogP contribution in [0.3, 0.4) is 0 Å². The summed E-state index contributed by atoms with van der Waals surface area (Å²) in [6, 6.07) is -0.523. The molecule has 0 aliphatic carbocycles. The van der Waals surface area contributed by atoms with Gasteiger partial charge in [0.15, 0.2) is 0 Å². The van der Waals surface area contributed by atoms with Gasteiger partial charge in [0, 0.05) is 18.6 Å². The van der Waals surface area contributed by atoms with Crippen molar-refractivity contribution in [3.8, 4) is 0 Å². The summed E-state index contributed by atoms with van der Waals surface area (Å²) in [4.78, 5) is 13.5. The third kappa shape index (κ3) is 4.72. The molecule has 1 aliphatic rings. The number of alkyl halides is 3. The highest BCUT2D eigenvalue weighted by atomic mass is 19.4. The zero-order valence-electron chi connectivity index (χ0n) is 14.2. The number of rotatable bonds is 5. The van der Waals surface area contributed by atoms with E-state index in [1.165, 1.54) is 0 Å². The minimum atomic E-state index is -4.43. The quantitative estimate of drug-likeness (QED) is 0.819. The Labute approximate surface area is 139 Å². The van der Waals surface area contributed by atoms with E-state index in [4.69, 9.17) is 9.26 Å². The van der Waals surface area contributed by atoms with E-state index in [0.717, 1.165) is 10.5 Å². The Morgan fingerprint density at radius 3 is 2.62 bits per heavy atom. The molecule has 1 saturated heterocycles. The molecule has 0 spiro atoms. The maximum atomic E-state index is 12.9. The van der Waals surface area contributed by atoms with E-state index in [1.54, 1.807) is 20.8 Å². The molecule has 1 aromatic rings. The summed E-state index contributed by atoms with van der Waals surface area (Å²) in [5, 5.41) is 3.84. The molecule has 0 aromatic carbocycles. The maximum absolute atomic E-state index is 12.9. The molecule has 0 N–H and O–H groups in total. The summed E-state index contributed by atoms with van der Waals surface area (Å²) in [7, 11) is 0. The van der Waals surface area contributed by atoms with Crippen LogP contribution in [-0.4, -0.2) is 47.9 Å². The van der Waals surface area contributed by atoms with Crippen LogP contribution in [0.4, 0.5) is 13.2 Å². The lowest BCUT2D eigenvalue weighted by Crippen LogP contribution is -2.49. The van der Waals surface area contributed by atoms with Gasteiger partial charge >= 0.3 is 6.18 Å². The largest absolute Gasteiger partial charge is 0.406 e. The van der Waals surface area contributed by atoms with Crippen molar-refractivity contribution in [1.82, 2.24) is 10.1 Å². The van der Waals surface area contributed by atoms with Gasteiger partial charge in [-0.2, -0.15) is 13.2 Å². The molecule has 0 unspecified atom stereocenters. The fraction of sp³-hybridized carbons (Fsp3) is 0.750. The second-order valence-electron chi connectivity index (χ2n) is 6.35. The van der Waals surface area contributed by atoms with Crippen molar-refractivity contribution < 1.29 is 27.2 Å². The first-order valence-corrected chi connectivity index (χ1v) is 8.05. The van der Waals surface area contributed by atoms with E-state index < -0.39 is 24.7 Å². The SMILES string of the molecule is Cc1noc(C)c1[C@@H](C)CC(=O)N(CC(F)(F)F)[C@H]1CCCOC1. The van der Waals surface area contributed by atoms with Crippen molar-refractivity contribution in [1.29, 1.82) is 0 Å². The molecule has 2 rings (SSSR count). The Bertz CT molecular complexity index is 546. The predicted molar refractivity (Wildman–Crippen MR) is 80.6 cm³/mol. The number of hydrogen-bond acceptors (Lipinski definition) is 4. The predicted octanol–water partition coefficient (Wildman–Crippen LogP) is 3.35. The Hall–Kier alpha value is -1.57. The summed E-state index contributed by atoms with van der Waals surface area (Å²) in [5.74, 6) is -0.185. The zero-order chi connectivity index (χ0) is 17.9. The molecule has 136 valence electrons. The lowest BCUT2D eigenvalue weighted by Gasteiger charge is -2.35. The van der Waals surface area contributed by atoms with Crippen LogP contribution in [0, 0.1) is 13.8 Å². The van der Waals surface area contributed by atoms with Gasteiger partial charge in [0.2, 0.25) is 5.91 Å². The maximum Gasteiger partial charge on any atom is 0.406 e. The van der Waals surface area contributed by atoms with Gasteiger partial charge in [0.05, 0.1) is 18.3 Å².